The summed E-state index contributed by atoms with van der Waals surface area (Å²) in [6.45, 7) is 12.3. The third kappa shape index (κ3) is 3.27. The minimum atomic E-state index is -1.74. The summed E-state index contributed by atoms with van der Waals surface area (Å²) >= 11 is 0. The summed E-state index contributed by atoms with van der Waals surface area (Å²) in [7, 11) is -1.74. The first kappa shape index (κ1) is 15.2. The number of hydrogen-bond donors (Lipinski definition) is 1. The van der Waals surface area contributed by atoms with Gasteiger partial charge < -0.3 is 19.6 Å². The molecule has 0 spiro atoms. The van der Waals surface area contributed by atoms with Crippen molar-refractivity contribution in [1.29, 1.82) is 0 Å². The maximum atomic E-state index is 6.18. The van der Waals surface area contributed by atoms with E-state index < -0.39 is 8.32 Å². The Hall–Kier alpha value is -1.20. The Morgan fingerprint density at radius 3 is 2.65 bits per heavy atom. The summed E-state index contributed by atoms with van der Waals surface area (Å²) in [6, 6.07) is 5.46. The van der Waals surface area contributed by atoms with E-state index in [9.17, 15) is 0 Å². The lowest BCUT2D eigenvalue weighted by atomic mass is 10.2. The number of ether oxygens (including phenoxy) is 2. The van der Waals surface area contributed by atoms with Crippen LogP contribution in [0.1, 0.15) is 20.8 Å². The molecule has 0 aromatic heterocycles. The molecule has 20 heavy (non-hydrogen) atoms. The fourth-order valence-corrected chi connectivity index (χ4v) is 2.77. The number of benzene rings is 1. The summed E-state index contributed by atoms with van der Waals surface area (Å²) in [5.41, 5.74) is 6.41. The van der Waals surface area contributed by atoms with Gasteiger partial charge in [0, 0.05) is 11.8 Å². The molecule has 1 aromatic carbocycles. The van der Waals surface area contributed by atoms with Gasteiger partial charge in [0.05, 0.1) is 6.61 Å². The van der Waals surface area contributed by atoms with Gasteiger partial charge in [-0.25, -0.2) is 0 Å². The second kappa shape index (κ2) is 5.29. The van der Waals surface area contributed by atoms with Crippen LogP contribution >= 0.6 is 0 Å². The van der Waals surface area contributed by atoms with Gasteiger partial charge in [0.25, 0.3) is 0 Å². The largest absolute Gasteiger partial charge is 0.486 e. The normalized spacial score (nSPS) is 18.9. The van der Waals surface area contributed by atoms with Gasteiger partial charge in [0.2, 0.25) is 0 Å². The quantitative estimate of drug-likeness (QED) is 0.685. The third-order valence-corrected chi connectivity index (χ3v) is 8.62. The Kier molecular flexibility index (Phi) is 4.02. The van der Waals surface area contributed by atoms with Gasteiger partial charge in [-0.15, -0.1) is 0 Å². The Morgan fingerprint density at radius 2 is 2.00 bits per heavy atom. The van der Waals surface area contributed by atoms with Crippen LogP contribution in [0.5, 0.6) is 11.5 Å². The summed E-state index contributed by atoms with van der Waals surface area (Å²) in [5.74, 6) is 1.46. The molecule has 0 saturated carbocycles. The molecule has 1 heterocycles. The maximum absolute atomic E-state index is 6.18. The van der Waals surface area contributed by atoms with Crippen LogP contribution in [-0.4, -0.2) is 27.6 Å². The highest BCUT2D eigenvalue weighted by atomic mass is 28.4. The maximum Gasteiger partial charge on any atom is 0.192 e. The molecular formula is C15H25NO3Si. The van der Waals surface area contributed by atoms with Gasteiger partial charge in [-0.1, -0.05) is 20.8 Å². The zero-order valence-electron chi connectivity index (χ0n) is 13.0. The van der Waals surface area contributed by atoms with Crippen LogP contribution in [0.25, 0.3) is 0 Å². The van der Waals surface area contributed by atoms with E-state index in [0.717, 1.165) is 5.75 Å². The first-order valence-corrected chi connectivity index (χ1v) is 9.93. The van der Waals surface area contributed by atoms with Crippen molar-refractivity contribution in [2.45, 2.75) is 45.0 Å². The molecule has 0 amide bonds. The van der Waals surface area contributed by atoms with Gasteiger partial charge in [0.1, 0.15) is 6.61 Å². The van der Waals surface area contributed by atoms with Crippen molar-refractivity contribution in [2.24, 2.45) is 0 Å². The highest BCUT2D eigenvalue weighted by Gasteiger charge is 2.38. The number of hydrogen-bond acceptors (Lipinski definition) is 4. The van der Waals surface area contributed by atoms with Gasteiger partial charge in [-0.3, -0.25) is 0 Å². The van der Waals surface area contributed by atoms with E-state index in [1.807, 2.05) is 12.1 Å². The molecule has 112 valence electrons. The first-order valence-electron chi connectivity index (χ1n) is 7.02. The number of rotatable bonds is 3. The summed E-state index contributed by atoms with van der Waals surface area (Å²) < 4.78 is 17.8. The predicted octanol–water partition coefficient (Wildman–Crippen LogP) is 3.43. The number of anilines is 1. The topological polar surface area (TPSA) is 53.7 Å². The number of nitrogens with two attached hydrogens (primary N) is 1. The van der Waals surface area contributed by atoms with E-state index in [0.29, 0.717) is 24.7 Å². The van der Waals surface area contributed by atoms with Crippen LogP contribution in [0.15, 0.2) is 18.2 Å². The monoisotopic (exact) mass is 295 g/mol. The minimum Gasteiger partial charge on any atom is -0.486 e. The van der Waals surface area contributed by atoms with E-state index in [4.69, 9.17) is 19.6 Å². The van der Waals surface area contributed by atoms with E-state index >= 15 is 0 Å². The molecular weight excluding hydrogens is 270 g/mol. The van der Waals surface area contributed by atoms with E-state index in [-0.39, 0.29) is 11.1 Å². The SMILES string of the molecule is CC(C)(C)[Si](C)(C)OCC1COc2cc(N)ccc2O1. The molecule has 4 nitrogen and oxygen atoms in total. The van der Waals surface area contributed by atoms with Crippen molar-refractivity contribution >= 4 is 14.0 Å². The summed E-state index contributed by atoms with van der Waals surface area (Å²) in [6.07, 6.45) is -0.0553. The summed E-state index contributed by atoms with van der Waals surface area (Å²) in [5, 5.41) is 0.203. The van der Waals surface area contributed by atoms with E-state index in [1.165, 1.54) is 0 Å². The molecule has 1 atom stereocenters. The number of fused-ring (bicyclic) bond motifs is 1. The zero-order valence-corrected chi connectivity index (χ0v) is 14.0. The van der Waals surface area contributed by atoms with Crippen molar-refractivity contribution < 1.29 is 13.9 Å². The second-order valence-electron chi connectivity index (χ2n) is 6.83. The van der Waals surface area contributed by atoms with Crippen LogP contribution < -0.4 is 15.2 Å². The second-order valence-corrected chi connectivity index (χ2v) is 11.6. The molecule has 0 bridgehead atoms. The molecule has 1 unspecified atom stereocenters. The molecule has 0 fully saturated rings. The molecule has 5 heteroatoms. The van der Waals surface area contributed by atoms with Crippen LogP contribution in [0.4, 0.5) is 5.69 Å². The lowest BCUT2D eigenvalue weighted by molar-refractivity contribution is 0.0493. The van der Waals surface area contributed by atoms with Crippen LogP contribution in [0, 0.1) is 0 Å². The van der Waals surface area contributed by atoms with Crippen molar-refractivity contribution in [3.63, 3.8) is 0 Å². The molecule has 2 N–H and O–H groups in total. The molecule has 1 aliphatic heterocycles. The van der Waals surface area contributed by atoms with Crippen molar-refractivity contribution in [3.8, 4) is 11.5 Å². The highest BCUT2D eigenvalue weighted by molar-refractivity contribution is 6.74. The highest BCUT2D eigenvalue weighted by Crippen LogP contribution is 2.37. The standard InChI is InChI=1S/C15H25NO3Si/c1-15(2,3)20(4,5)18-10-12-9-17-14-8-11(16)6-7-13(14)19-12/h6-8,12H,9-10,16H2,1-5H3. The fraction of sp³-hybridized carbons (Fsp3) is 0.600. The van der Waals surface area contributed by atoms with Crippen LogP contribution in [0.3, 0.4) is 0 Å². The van der Waals surface area contributed by atoms with Crippen molar-refractivity contribution in [1.82, 2.24) is 0 Å². The molecule has 1 aliphatic rings. The van der Waals surface area contributed by atoms with Gasteiger partial charge >= 0.3 is 0 Å². The average molecular weight is 295 g/mol. The minimum absolute atomic E-state index is 0.0553. The van der Waals surface area contributed by atoms with Crippen molar-refractivity contribution in [2.75, 3.05) is 18.9 Å². The lowest BCUT2D eigenvalue weighted by Crippen LogP contribution is -2.45. The van der Waals surface area contributed by atoms with E-state index in [2.05, 4.69) is 33.9 Å². The van der Waals surface area contributed by atoms with Gasteiger partial charge in [-0.2, -0.15) is 0 Å². The fourth-order valence-electron chi connectivity index (χ4n) is 1.73. The van der Waals surface area contributed by atoms with Gasteiger partial charge in [0.15, 0.2) is 25.9 Å². The third-order valence-electron chi connectivity index (χ3n) is 4.12. The summed E-state index contributed by atoms with van der Waals surface area (Å²) in [4.78, 5) is 0. The van der Waals surface area contributed by atoms with Crippen LogP contribution in [0.2, 0.25) is 18.1 Å². The Bertz CT molecular complexity index is 482. The predicted molar refractivity (Wildman–Crippen MR) is 83.9 cm³/mol. The van der Waals surface area contributed by atoms with Crippen molar-refractivity contribution in [3.05, 3.63) is 18.2 Å². The first-order chi connectivity index (χ1) is 9.19. The molecule has 0 radical (unpaired) electrons. The van der Waals surface area contributed by atoms with Gasteiger partial charge in [-0.05, 0) is 30.3 Å². The smallest absolute Gasteiger partial charge is 0.192 e. The van der Waals surface area contributed by atoms with E-state index in [1.54, 1.807) is 6.07 Å². The number of nitrogen functional groups attached to an aromatic ring is 1. The lowest BCUT2D eigenvalue weighted by Gasteiger charge is -2.37. The molecule has 0 aliphatic carbocycles. The Morgan fingerprint density at radius 1 is 1.30 bits per heavy atom. The Balaban J connectivity index is 1.96. The Labute approximate surface area is 122 Å². The average Bonchev–Trinajstić information content (AvgIpc) is 2.35. The molecule has 2 rings (SSSR count). The van der Waals surface area contributed by atoms with Crippen LogP contribution in [-0.2, 0) is 4.43 Å². The zero-order chi connectivity index (χ0) is 15.0. The molecule has 1 aromatic rings. The molecule has 0 saturated heterocycles.